The fraction of sp³-hybridized carbons (Fsp3) is 0.353. The minimum Gasteiger partial charge on any atom is -0.478 e. The van der Waals surface area contributed by atoms with Gasteiger partial charge in [0, 0.05) is 30.9 Å². The molecule has 0 unspecified atom stereocenters. The molecule has 1 aliphatic heterocycles. The van der Waals surface area contributed by atoms with Crippen molar-refractivity contribution in [2.45, 2.75) is 25.8 Å². The quantitative estimate of drug-likeness (QED) is 0.939. The lowest BCUT2D eigenvalue weighted by molar-refractivity contribution is 0.0696. The summed E-state index contributed by atoms with van der Waals surface area (Å²) in [7, 11) is 0. The molecule has 22 heavy (non-hydrogen) atoms. The van der Waals surface area contributed by atoms with Crippen molar-refractivity contribution >= 4 is 5.97 Å². The molecule has 0 radical (unpaired) electrons. The van der Waals surface area contributed by atoms with Crippen LogP contribution >= 0.6 is 0 Å². The van der Waals surface area contributed by atoms with E-state index in [1.165, 1.54) is 0 Å². The van der Waals surface area contributed by atoms with E-state index in [0.717, 1.165) is 43.1 Å². The van der Waals surface area contributed by atoms with Gasteiger partial charge in [-0.05, 0) is 43.7 Å². The number of hydrogen-bond donors (Lipinski definition) is 1. The highest BCUT2D eigenvalue weighted by Crippen LogP contribution is 2.25. The minimum absolute atomic E-state index is 0.343. The summed E-state index contributed by atoms with van der Waals surface area (Å²) >= 11 is 0. The van der Waals surface area contributed by atoms with Gasteiger partial charge in [-0.15, -0.1) is 0 Å². The van der Waals surface area contributed by atoms with Crippen molar-refractivity contribution in [3.8, 4) is 0 Å². The van der Waals surface area contributed by atoms with Gasteiger partial charge in [-0.3, -0.25) is 4.90 Å². The largest absolute Gasteiger partial charge is 0.478 e. The van der Waals surface area contributed by atoms with Crippen LogP contribution in [0.3, 0.4) is 0 Å². The predicted octanol–water partition coefficient (Wildman–Crippen LogP) is 2.47. The smallest absolute Gasteiger partial charge is 0.335 e. The predicted molar refractivity (Wildman–Crippen MR) is 82.8 cm³/mol. The highest BCUT2D eigenvalue weighted by Gasteiger charge is 2.26. The van der Waals surface area contributed by atoms with Crippen LogP contribution in [0.4, 0.5) is 0 Å². The van der Waals surface area contributed by atoms with Crippen molar-refractivity contribution < 1.29 is 9.90 Å². The molecule has 0 aliphatic carbocycles. The Hall–Kier alpha value is -2.27. The molecule has 2 heterocycles. The molecule has 1 aliphatic rings. The summed E-state index contributed by atoms with van der Waals surface area (Å²) in [6, 6.07) is 9.06. The summed E-state index contributed by atoms with van der Waals surface area (Å²) in [5.74, 6) is 0.402. The van der Waals surface area contributed by atoms with Crippen LogP contribution in [0.2, 0.25) is 0 Å². The molecule has 1 aromatic carbocycles. The lowest BCUT2D eigenvalue weighted by Gasteiger charge is -2.16. The third-order valence-corrected chi connectivity index (χ3v) is 4.03. The lowest BCUT2D eigenvalue weighted by atomic mass is 10.1. The third kappa shape index (κ3) is 3.31. The van der Waals surface area contributed by atoms with Crippen molar-refractivity contribution in [3.63, 3.8) is 0 Å². The average Bonchev–Trinajstić information content (AvgIpc) is 2.96. The summed E-state index contributed by atoms with van der Waals surface area (Å²) in [5.41, 5.74) is 2.37. The van der Waals surface area contributed by atoms with Crippen LogP contribution in [0.25, 0.3) is 0 Å². The van der Waals surface area contributed by atoms with Gasteiger partial charge in [0.15, 0.2) is 0 Å². The first-order valence-electron chi connectivity index (χ1n) is 7.46. The highest BCUT2D eigenvalue weighted by molar-refractivity contribution is 5.87. The van der Waals surface area contributed by atoms with E-state index < -0.39 is 5.97 Å². The van der Waals surface area contributed by atoms with Crippen molar-refractivity contribution in [1.82, 2.24) is 14.9 Å². The number of rotatable bonds is 4. The van der Waals surface area contributed by atoms with Gasteiger partial charge in [0.05, 0.1) is 5.56 Å². The number of benzene rings is 1. The summed E-state index contributed by atoms with van der Waals surface area (Å²) in [5, 5.41) is 9.06. The topological polar surface area (TPSA) is 66.3 Å². The average molecular weight is 297 g/mol. The van der Waals surface area contributed by atoms with Gasteiger partial charge >= 0.3 is 5.97 Å². The van der Waals surface area contributed by atoms with Gasteiger partial charge in [-0.1, -0.05) is 12.1 Å². The number of hydrogen-bond acceptors (Lipinski definition) is 4. The Morgan fingerprint density at radius 3 is 3.05 bits per heavy atom. The molecule has 1 saturated heterocycles. The molecule has 1 N–H and O–H groups in total. The van der Waals surface area contributed by atoms with Gasteiger partial charge in [0.2, 0.25) is 0 Å². The zero-order valence-electron chi connectivity index (χ0n) is 12.6. The molecule has 0 bridgehead atoms. The second kappa shape index (κ2) is 6.23. The van der Waals surface area contributed by atoms with Crippen molar-refractivity contribution in [1.29, 1.82) is 0 Å². The first-order chi connectivity index (χ1) is 10.6. The Labute approximate surface area is 129 Å². The van der Waals surface area contributed by atoms with Crippen LogP contribution < -0.4 is 0 Å². The first kappa shape index (κ1) is 14.7. The van der Waals surface area contributed by atoms with E-state index in [9.17, 15) is 4.79 Å². The molecule has 1 fully saturated rings. The Bertz CT molecular complexity index is 687. The van der Waals surface area contributed by atoms with E-state index in [2.05, 4.69) is 14.9 Å². The molecule has 0 amide bonds. The molecular weight excluding hydrogens is 278 g/mol. The molecule has 0 spiro atoms. The Morgan fingerprint density at radius 1 is 1.41 bits per heavy atom. The van der Waals surface area contributed by atoms with Gasteiger partial charge in [0.25, 0.3) is 0 Å². The van der Waals surface area contributed by atoms with E-state index in [0.29, 0.717) is 11.5 Å². The molecule has 1 atom stereocenters. The fourth-order valence-electron chi connectivity index (χ4n) is 2.91. The maximum Gasteiger partial charge on any atom is 0.335 e. The number of aromatic carboxylic acids is 1. The van der Waals surface area contributed by atoms with E-state index in [1.54, 1.807) is 18.2 Å². The monoisotopic (exact) mass is 297 g/mol. The molecule has 5 heteroatoms. The minimum atomic E-state index is -0.880. The van der Waals surface area contributed by atoms with Gasteiger partial charge in [-0.2, -0.15) is 0 Å². The van der Waals surface area contributed by atoms with Crippen LogP contribution in [0, 0.1) is 6.92 Å². The maximum absolute atomic E-state index is 11.0. The number of carboxylic acid groups (broad SMARTS) is 1. The summed E-state index contributed by atoms with van der Waals surface area (Å²) < 4.78 is 0. The van der Waals surface area contributed by atoms with Crippen LogP contribution in [-0.2, 0) is 6.54 Å². The third-order valence-electron chi connectivity index (χ3n) is 4.03. The molecule has 3 rings (SSSR count). The fourth-order valence-corrected chi connectivity index (χ4v) is 2.91. The van der Waals surface area contributed by atoms with E-state index >= 15 is 0 Å². The number of aromatic nitrogens is 2. The number of aryl methyl sites for hydroxylation is 1. The molecule has 1 aromatic heterocycles. The van der Waals surface area contributed by atoms with Gasteiger partial charge in [-0.25, -0.2) is 14.8 Å². The molecule has 114 valence electrons. The number of carboxylic acids is 1. The Balaban J connectivity index is 1.66. The molecular formula is C17H19N3O2. The van der Waals surface area contributed by atoms with Crippen molar-refractivity contribution in [2.24, 2.45) is 0 Å². The zero-order valence-corrected chi connectivity index (χ0v) is 12.6. The first-order valence-corrected chi connectivity index (χ1v) is 7.46. The standard InChI is InChI=1S/C17H19N3O2/c1-12-5-7-18-16(19-12)15-6-8-20(11-15)10-13-3-2-4-14(9-13)17(21)22/h2-5,7,9,15H,6,8,10-11H2,1H3,(H,21,22)/t15-/m1/s1. The van der Waals surface area contributed by atoms with Crippen molar-refractivity contribution in [3.05, 3.63) is 59.2 Å². The Morgan fingerprint density at radius 2 is 2.27 bits per heavy atom. The molecule has 0 saturated carbocycles. The number of likely N-dealkylation sites (tertiary alicyclic amines) is 1. The summed E-state index contributed by atoms with van der Waals surface area (Å²) in [4.78, 5) is 22.3. The SMILES string of the molecule is Cc1ccnc([C@@H]2CCN(Cc3cccc(C(=O)O)c3)C2)n1. The van der Waals surface area contributed by atoms with Crippen LogP contribution in [0.1, 0.15) is 39.8 Å². The zero-order chi connectivity index (χ0) is 15.5. The maximum atomic E-state index is 11.0. The normalized spacial score (nSPS) is 18.5. The number of nitrogens with zero attached hydrogens (tertiary/aromatic N) is 3. The number of carbonyl (C=O) groups is 1. The second-order valence-corrected chi connectivity index (χ2v) is 5.78. The summed E-state index contributed by atoms with van der Waals surface area (Å²) in [6.45, 7) is 4.65. The van der Waals surface area contributed by atoms with Gasteiger partial charge in [0.1, 0.15) is 5.82 Å². The van der Waals surface area contributed by atoms with E-state index in [4.69, 9.17) is 5.11 Å². The van der Waals surface area contributed by atoms with Crippen LogP contribution in [-0.4, -0.2) is 39.0 Å². The summed E-state index contributed by atoms with van der Waals surface area (Å²) in [6.07, 6.45) is 2.86. The lowest BCUT2D eigenvalue weighted by Crippen LogP contribution is -2.20. The van der Waals surface area contributed by atoms with Crippen LogP contribution in [0.5, 0.6) is 0 Å². The highest BCUT2D eigenvalue weighted by atomic mass is 16.4. The molecule has 2 aromatic rings. The molecule has 5 nitrogen and oxygen atoms in total. The Kier molecular flexibility index (Phi) is 4.15. The van der Waals surface area contributed by atoms with Crippen molar-refractivity contribution in [2.75, 3.05) is 13.1 Å². The van der Waals surface area contributed by atoms with E-state index in [-0.39, 0.29) is 0 Å². The van der Waals surface area contributed by atoms with Gasteiger partial charge < -0.3 is 5.11 Å². The van der Waals surface area contributed by atoms with Crippen LogP contribution in [0.15, 0.2) is 36.5 Å². The second-order valence-electron chi connectivity index (χ2n) is 5.78. The van der Waals surface area contributed by atoms with E-state index in [1.807, 2.05) is 25.3 Å².